The molecule has 0 heterocycles. The predicted molar refractivity (Wildman–Crippen MR) is 80.3 cm³/mol. The number of nitrogens with one attached hydrogen (secondary N) is 3. The number of carbonyl (C=O) groups excluding carboxylic acids is 1. The van der Waals surface area contributed by atoms with Crippen molar-refractivity contribution in [2.24, 2.45) is 17.8 Å². The predicted octanol–water partition coefficient (Wildman–Crippen LogP) is 2.11. The fraction of sp³-hybridized carbons (Fsp3) is 0.857. The van der Waals surface area contributed by atoms with Crippen LogP contribution in [0.25, 0.3) is 0 Å². The lowest BCUT2D eigenvalue weighted by Gasteiger charge is -2.24. The highest BCUT2D eigenvalue weighted by Crippen LogP contribution is 2.49. The summed E-state index contributed by atoms with van der Waals surface area (Å²) in [5, 5.41) is 3.57. The highest BCUT2D eigenvalue weighted by Gasteiger charge is 2.40. The van der Waals surface area contributed by atoms with Crippen molar-refractivity contribution in [3.63, 3.8) is 0 Å². The third kappa shape index (κ3) is 4.34. The maximum absolute atomic E-state index is 11.9. The Morgan fingerprint density at radius 2 is 1.95 bits per heavy atom. The number of rotatable bonds is 2. The van der Waals surface area contributed by atoms with E-state index in [9.17, 15) is 4.79 Å². The van der Waals surface area contributed by atoms with Crippen molar-refractivity contribution in [2.75, 3.05) is 0 Å². The fourth-order valence-corrected chi connectivity index (χ4v) is 3.77. The van der Waals surface area contributed by atoms with Crippen molar-refractivity contribution >= 4 is 23.2 Å². The zero-order valence-electron chi connectivity index (χ0n) is 12.1. The Kier molecular flexibility index (Phi) is 4.33. The SMILES string of the molecule is CC(C)(C)NC(=S)NNC(=O)C[C@H]1C[C@H]2CC[C@@H]1C2. The number of fused-ring (bicyclic) bond motifs is 2. The first kappa shape index (κ1) is 14.6. The minimum absolute atomic E-state index is 0.0515. The van der Waals surface area contributed by atoms with Gasteiger partial charge in [-0.2, -0.15) is 0 Å². The van der Waals surface area contributed by atoms with E-state index in [1.807, 2.05) is 20.8 Å². The lowest BCUT2D eigenvalue weighted by molar-refractivity contribution is -0.123. The summed E-state index contributed by atoms with van der Waals surface area (Å²) in [5.74, 6) is 2.31. The van der Waals surface area contributed by atoms with Gasteiger partial charge >= 0.3 is 0 Å². The Bertz CT molecular complexity index is 364. The second-order valence-corrected chi connectivity index (χ2v) is 7.42. The molecule has 0 spiro atoms. The molecule has 2 fully saturated rings. The van der Waals surface area contributed by atoms with Crippen LogP contribution in [0.5, 0.6) is 0 Å². The third-order valence-corrected chi connectivity index (χ3v) is 4.34. The fourth-order valence-electron chi connectivity index (χ4n) is 3.41. The molecular weight excluding hydrogens is 258 g/mol. The molecule has 0 radical (unpaired) electrons. The minimum Gasteiger partial charge on any atom is -0.357 e. The van der Waals surface area contributed by atoms with Gasteiger partial charge in [0.05, 0.1) is 0 Å². The summed E-state index contributed by atoms with van der Waals surface area (Å²) in [5.41, 5.74) is 5.38. The second-order valence-electron chi connectivity index (χ2n) is 7.02. The monoisotopic (exact) mass is 283 g/mol. The highest BCUT2D eigenvalue weighted by molar-refractivity contribution is 7.80. The minimum atomic E-state index is -0.0978. The molecule has 2 bridgehead atoms. The molecule has 2 aliphatic rings. The molecule has 3 atom stereocenters. The van der Waals surface area contributed by atoms with E-state index in [4.69, 9.17) is 12.2 Å². The van der Waals surface area contributed by atoms with Crippen LogP contribution < -0.4 is 16.2 Å². The van der Waals surface area contributed by atoms with E-state index in [2.05, 4.69) is 16.2 Å². The zero-order chi connectivity index (χ0) is 14.0. The van der Waals surface area contributed by atoms with Crippen LogP contribution in [0.1, 0.15) is 52.9 Å². The van der Waals surface area contributed by atoms with Crippen molar-refractivity contribution < 1.29 is 4.79 Å². The summed E-state index contributed by atoms with van der Waals surface area (Å²) < 4.78 is 0. The first-order valence-electron chi connectivity index (χ1n) is 7.20. The van der Waals surface area contributed by atoms with Crippen molar-refractivity contribution in [3.05, 3.63) is 0 Å². The number of hydrogen-bond donors (Lipinski definition) is 3. The van der Waals surface area contributed by atoms with Gasteiger partial charge in [0.15, 0.2) is 5.11 Å². The topological polar surface area (TPSA) is 53.2 Å². The van der Waals surface area contributed by atoms with E-state index < -0.39 is 0 Å². The lowest BCUT2D eigenvalue weighted by Crippen LogP contribution is -2.52. The summed E-state index contributed by atoms with van der Waals surface area (Å²) in [7, 11) is 0. The van der Waals surface area contributed by atoms with Crippen molar-refractivity contribution in [2.45, 2.75) is 58.4 Å². The Hall–Kier alpha value is -0.840. The van der Waals surface area contributed by atoms with E-state index >= 15 is 0 Å². The first-order valence-corrected chi connectivity index (χ1v) is 7.61. The number of thiocarbonyl (C=S) groups is 1. The van der Waals surface area contributed by atoms with Gasteiger partial charge in [0, 0.05) is 12.0 Å². The molecule has 4 nitrogen and oxygen atoms in total. The Morgan fingerprint density at radius 1 is 1.21 bits per heavy atom. The van der Waals surface area contributed by atoms with Gasteiger partial charge in [-0.05, 0) is 70.0 Å². The quantitative estimate of drug-likeness (QED) is 0.537. The van der Waals surface area contributed by atoms with Crippen LogP contribution in [0.2, 0.25) is 0 Å². The number of amides is 1. The molecule has 3 N–H and O–H groups in total. The van der Waals surface area contributed by atoms with Gasteiger partial charge in [0.25, 0.3) is 0 Å². The average molecular weight is 283 g/mol. The van der Waals surface area contributed by atoms with E-state index in [-0.39, 0.29) is 11.4 Å². The van der Waals surface area contributed by atoms with E-state index in [0.29, 0.717) is 17.5 Å². The molecule has 0 saturated heterocycles. The molecule has 0 aromatic carbocycles. The Morgan fingerprint density at radius 3 is 2.47 bits per heavy atom. The third-order valence-electron chi connectivity index (χ3n) is 4.14. The Balaban J connectivity index is 1.66. The highest BCUT2D eigenvalue weighted by atomic mass is 32.1. The smallest absolute Gasteiger partial charge is 0.238 e. The lowest BCUT2D eigenvalue weighted by atomic mass is 9.86. The molecule has 2 saturated carbocycles. The maximum atomic E-state index is 11.9. The van der Waals surface area contributed by atoms with E-state index in [1.54, 1.807) is 0 Å². The van der Waals surface area contributed by atoms with Crippen LogP contribution in [-0.4, -0.2) is 16.6 Å². The second kappa shape index (κ2) is 5.65. The summed E-state index contributed by atoms with van der Waals surface area (Å²) in [4.78, 5) is 11.9. The molecule has 0 aromatic rings. The molecule has 0 aliphatic heterocycles. The van der Waals surface area contributed by atoms with Gasteiger partial charge in [0.2, 0.25) is 5.91 Å². The van der Waals surface area contributed by atoms with Crippen molar-refractivity contribution in [3.8, 4) is 0 Å². The first-order chi connectivity index (χ1) is 8.83. The largest absolute Gasteiger partial charge is 0.357 e. The summed E-state index contributed by atoms with van der Waals surface area (Å²) in [6, 6.07) is 0. The standard InChI is InChI=1S/C14H25N3OS/c1-14(2,3)15-13(19)17-16-12(18)8-11-7-9-4-5-10(11)6-9/h9-11H,4-8H2,1-3H3,(H,16,18)(H2,15,17,19)/t9-,10+,11+/m0/s1. The molecular formula is C14H25N3OS. The van der Waals surface area contributed by atoms with Crippen LogP contribution in [0, 0.1) is 17.8 Å². The van der Waals surface area contributed by atoms with Crippen LogP contribution >= 0.6 is 12.2 Å². The average Bonchev–Trinajstić information content (AvgIpc) is 2.85. The molecule has 2 rings (SSSR count). The molecule has 0 unspecified atom stereocenters. The van der Waals surface area contributed by atoms with Gasteiger partial charge in [0.1, 0.15) is 0 Å². The number of carbonyl (C=O) groups is 1. The molecule has 5 heteroatoms. The molecule has 108 valence electrons. The van der Waals surface area contributed by atoms with Crippen molar-refractivity contribution in [1.29, 1.82) is 0 Å². The van der Waals surface area contributed by atoms with Gasteiger partial charge in [-0.1, -0.05) is 6.42 Å². The zero-order valence-corrected chi connectivity index (χ0v) is 12.9. The normalized spacial score (nSPS) is 29.1. The van der Waals surface area contributed by atoms with Crippen LogP contribution in [0.4, 0.5) is 0 Å². The molecule has 1 amide bonds. The van der Waals surface area contributed by atoms with E-state index in [0.717, 1.165) is 11.8 Å². The molecule has 2 aliphatic carbocycles. The summed E-state index contributed by atoms with van der Waals surface area (Å²) >= 11 is 5.12. The Labute approximate surface area is 121 Å². The van der Waals surface area contributed by atoms with E-state index in [1.165, 1.54) is 25.7 Å². The van der Waals surface area contributed by atoms with Crippen LogP contribution in [0.3, 0.4) is 0 Å². The van der Waals surface area contributed by atoms with Gasteiger partial charge in [-0.15, -0.1) is 0 Å². The van der Waals surface area contributed by atoms with Gasteiger partial charge in [-0.3, -0.25) is 15.6 Å². The number of hydrogen-bond acceptors (Lipinski definition) is 2. The van der Waals surface area contributed by atoms with Gasteiger partial charge < -0.3 is 5.32 Å². The maximum Gasteiger partial charge on any atom is 0.238 e. The summed E-state index contributed by atoms with van der Waals surface area (Å²) in [6.07, 6.45) is 5.91. The molecule has 19 heavy (non-hydrogen) atoms. The summed E-state index contributed by atoms with van der Waals surface area (Å²) in [6.45, 7) is 6.08. The van der Waals surface area contributed by atoms with Crippen LogP contribution in [-0.2, 0) is 4.79 Å². The van der Waals surface area contributed by atoms with Crippen molar-refractivity contribution in [1.82, 2.24) is 16.2 Å². The van der Waals surface area contributed by atoms with Gasteiger partial charge in [-0.25, -0.2) is 0 Å². The van der Waals surface area contributed by atoms with Crippen LogP contribution in [0.15, 0.2) is 0 Å². The number of hydrazine groups is 1. The molecule has 0 aromatic heterocycles.